The molecule has 1 aliphatic heterocycles. The van der Waals surface area contributed by atoms with Gasteiger partial charge in [0.25, 0.3) is 11.8 Å². The van der Waals surface area contributed by atoms with Crippen LogP contribution in [0.4, 0.5) is 0 Å². The van der Waals surface area contributed by atoms with E-state index in [1.54, 1.807) is 4.90 Å². The van der Waals surface area contributed by atoms with Crippen LogP contribution in [0.25, 0.3) is 0 Å². The Morgan fingerprint density at radius 1 is 1.00 bits per heavy atom. The molecule has 6 heteroatoms. The average Bonchev–Trinajstić information content (AvgIpc) is 2.78. The summed E-state index contributed by atoms with van der Waals surface area (Å²) in [4.78, 5) is 26.6. The first-order valence-corrected chi connectivity index (χ1v) is 11.4. The molecular formula is C26H34N2O4. The van der Waals surface area contributed by atoms with Gasteiger partial charge in [-0.2, -0.15) is 0 Å². The van der Waals surface area contributed by atoms with Gasteiger partial charge in [-0.3, -0.25) is 9.59 Å². The summed E-state index contributed by atoms with van der Waals surface area (Å²) in [7, 11) is 0. The van der Waals surface area contributed by atoms with E-state index in [0.717, 1.165) is 42.6 Å². The fourth-order valence-electron chi connectivity index (χ4n) is 3.92. The van der Waals surface area contributed by atoms with Crippen molar-refractivity contribution in [3.05, 3.63) is 59.2 Å². The van der Waals surface area contributed by atoms with Gasteiger partial charge in [-0.1, -0.05) is 43.2 Å². The van der Waals surface area contributed by atoms with Crippen LogP contribution in [0.1, 0.15) is 42.9 Å². The van der Waals surface area contributed by atoms with Gasteiger partial charge in [0.15, 0.2) is 13.2 Å². The first kappa shape index (κ1) is 23.6. The number of hydrogen-bond donors (Lipinski definition) is 1. The normalized spacial score (nSPS) is 14.2. The van der Waals surface area contributed by atoms with Crippen LogP contribution in [-0.2, 0) is 16.0 Å². The molecule has 0 aliphatic carbocycles. The Labute approximate surface area is 190 Å². The van der Waals surface area contributed by atoms with Crippen molar-refractivity contribution in [2.45, 2.75) is 52.5 Å². The predicted octanol–water partition coefficient (Wildman–Crippen LogP) is 3.82. The highest BCUT2D eigenvalue weighted by atomic mass is 16.5. The first-order valence-electron chi connectivity index (χ1n) is 11.4. The fraction of sp³-hybridized carbons (Fsp3) is 0.462. The minimum Gasteiger partial charge on any atom is -0.484 e. The smallest absolute Gasteiger partial charge is 0.260 e. The second kappa shape index (κ2) is 11.6. The molecule has 2 amide bonds. The molecule has 1 fully saturated rings. The monoisotopic (exact) mass is 438 g/mol. The fourth-order valence-corrected chi connectivity index (χ4v) is 3.92. The van der Waals surface area contributed by atoms with E-state index in [0.29, 0.717) is 18.8 Å². The van der Waals surface area contributed by atoms with Crippen molar-refractivity contribution in [3.63, 3.8) is 0 Å². The summed E-state index contributed by atoms with van der Waals surface area (Å²) in [6.07, 6.45) is 3.61. The summed E-state index contributed by atoms with van der Waals surface area (Å²) < 4.78 is 11.3. The lowest BCUT2D eigenvalue weighted by atomic mass is 10.1. The van der Waals surface area contributed by atoms with Gasteiger partial charge < -0.3 is 19.7 Å². The zero-order valence-corrected chi connectivity index (χ0v) is 19.4. The molecule has 1 heterocycles. The largest absolute Gasteiger partial charge is 0.484 e. The van der Waals surface area contributed by atoms with E-state index >= 15 is 0 Å². The number of likely N-dealkylation sites (tertiary alicyclic amines) is 1. The first-order chi connectivity index (χ1) is 15.4. The Balaban J connectivity index is 1.35. The van der Waals surface area contributed by atoms with Crippen LogP contribution in [0.3, 0.4) is 0 Å². The molecule has 0 spiro atoms. The van der Waals surface area contributed by atoms with E-state index < -0.39 is 0 Å². The zero-order valence-electron chi connectivity index (χ0n) is 19.4. The van der Waals surface area contributed by atoms with E-state index in [-0.39, 0.29) is 31.1 Å². The van der Waals surface area contributed by atoms with E-state index in [1.807, 2.05) is 56.3 Å². The van der Waals surface area contributed by atoms with Gasteiger partial charge in [-0.25, -0.2) is 0 Å². The van der Waals surface area contributed by atoms with Crippen molar-refractivity contribution in [3.8, 4) is 11.5 Å². The van der Waals surface area contributed by atoms with Crippen molar-refractivity contribution < 1.29 is 19.1 Å². The van der Waals surface area contributed by atoms with Gasteiger partial charge >= 0.3 is 0 Å². The number of ether oxygens (including phenoxy) is 2. The number of benzene rings is 2. The summed E-state index contributed by atoms with van der Waals surface area (Å²) in [5, 5.41) is 3.02. The summed E-state index contributed by atoms with van der Waals surface area (Å²) in [6, 6.07) is 13.9. The quantitative estimate of drug-likeness (QED) is 0.646. The maximum atomic E-state index is 12.5. The molecule has 6 nitrogen and oxygen atoms in total. The van der Waals surface area contributed by atoms with Crippen molar-refractivity contribution >= 4 is 11.8 Å². The number of nitrogens with one attached hydrogen (secondary N) is 1. The molecule has 0 bridgehead atoms. The number of aryl methyl sites for hydroxylation is 3. The van der Waals surface area contributed by atoms with Crippen LogP contribution in [-0.4, -0.2) is 49.1 Å². The Bertz CT molecular complexity index is 903. The lowest BCUT2D eigenvalue weighted by Gasteiger charge is -2.32. The number of piperidine rings is 1. The average molecular weight is 439 g/mol. The third kappa shape index (κ3) is 7.01. The van der Waals surface area contributed by atoms with Gasteiger partial charge in [0, 0.05) is 19.1 Å². The van der Waals surface area contributed by atoms with Gasteiger partial charge in [0.2, 0.25) is 0 Å². The summed E-state index contributed by atoms with van der Waals surface area (Å²) in [6.45, 7) is 7.40. The van der Waals surface area contributed by atoms with E-state index in [1.165, 1.54) is 5.56 Å². The zero-order chi connectivity index (χ0) is 22.9. The van der Waals surface area contributed by atoms with Crippen LogP contribution >= 0.6 is 0 Å². The second-order valence-electron chi connectivity index (χ2n) is 8.46. The SMILES string of the molecule is CCCc1ccc(OCC(=O)N2CCC(NC(=O)COc3ccc(C)cc3C)CC2)cc1. The third-order valence-electron chi connectivity index (χ3n) is 5.73. The minimum absolute atomic E-state index is 0.00602. The van der Waals surface area contributed by atoms with Gasteiger partial charge in [0.1, 0.15) is 11.5 Å². The highest BCUT2D eigenvalue weighted by Gasteiger charge is 2.24. The number of hydrogen-bond acceptors (Lipinski definition) is 4. The maximum absolute atomic E-state index is 12.5. The van der Waals surface area contributed by atoms with Gasteiger partial charge in [0.05, 0.1) is 0 Å². The lowest BCUT2D eigenvalue weighted by molar-refractivity contribution is -0.134. The van der Waals surface area contributed by atoms with Crippen LogP contribution in [0, 0.1) is 13.8 Å². The molecule has 32 heavy (non-hydrogen) atoms. The predicted molar refractivity (Wildman–Crippen MR) is 125 cm³/mol. The summed E-state index contributed by atoms with van der Waals surface area (Å²) in [5.41, 5.74) is 3.45. The molecule has 2 aromatic carbocycles. The maximum Gasteiger partial charge on any atom is 0.260 e. The van der Waals surface area contributed by atoms with Crippen molar-refractivity contribution in [1.29, 1.82) is 0 Å². The molecule has 1 saturated heterocycles. The Morgan fingerprint density at radius 2 is 1.72 bits per heavy atom. The van der Waals surface area contributed by atoms with Crippen LogP contribution in [0.15, 0.2) is 42.5 Å². The van der Waals surface area contributed by atoms with Crippen molar-refractivity contribution in [2.75, 3.05) is 26.3 Å². The molecule has 1 aliphatic rings. The molecule has 0 atom stereocenters. The number of carbonyl (C=O) groups is 2. The minimum atomic E-state index is -0.135. The van der Waals surface area contributed by atoms with Crippen molar-refractivity contribution in [1.82, 2.24) is 10.2 Å². The molecule has 1 N–H and O–H groups in total. The molecular weight excluding hydrogens is 404 g/mol. The van der Waals surface area contributed by atoms with Gasteiger partial charge in [-0.15, -0.1) is 0 Å². The highest BCUT2D eigenvalue weighted by Crippen LogP contribution is 2.19. The number of rotatable bonds is 9. The van der Waals surface area contributed by atoms with Gasteiger partial charge in [-0.05, 0) is 62.4 Å². The molecule has 0 unspecified atom stereocenters. The molecule has 0 aromatic heterocycles. The van der Waals surface area contributed by atoms with E-state index in [4.69, 9.17) is 9.47 Å². The van der Waals surface area contributed by atoms with Crippen LogP contribution in [0.5, 0.6) is 11.5 Å². The third-order valence-corrected chi connectivity index (χ3v) is 5.73. The Hall–Kier alpha value is -3.02. The molecule has 3 rings (SSSR count). The topological polar surface area (TPSA) is 67.9 Å². The lowest BCUT2D eigenvalue weighted by Crippen LogP contribution is -2.48. The van der Waals surface area contributed by atoms with Crippen LogP contribution in [0.2, 0.25) is 0 Å². The van der Waals surface area contributed by atoms with E-state index in [2.05, 4.69) is 12.2 Å². The standard InChI is InChI=1S/C26H34N2O4/c1-4-5-21-7-9-23(10-8-21)31-18-26(30)28-14-12-22(13-15-28)27-25(29)17-32-24-11-6-19(2)16-20(24)3/h6-11,16,22H,4-5,12-15,17-18H2,1-3H3,(H,27,29). The molecule has 172 valence electrons. The number of amides is 2. The highest BCUT2D eigenvalue weighted by molar-refractivity contribution is 5.79. The number of carbonyl (C=O) groups excluding carboxylic acids is 2. The summed E-state index contributed by atoms with van der Waals surface area (Å²) in [5.74, 6) is 1.28. The Morgan fingerprint density at radius 3 is 2.38 bits per heavy atom. The number of nitrogens with zero attached hydrogens (tertiary/aromatic N) is 1. The molecule has 0 radical (unpaired) electrons. The Kier molecular flexibility index (Phi) is 8.54. The van der Waals surface area contributed by atoms with Crippen molar-refractivity contribution in [2.24, 2.45) is 0 Å². The molecule has 0 saturated carbocycles. The van der Waals surface area contributed by atoms with Crippen LogP contribution < -0.4 is 14.8 Å². The summed E-state index contributed by atoms with van der Waals surface area (Å²) >= 11 is 0. The molecule has 2 aromatic rings. The second-order valence-corrected chi connectivity index (χ2v) is 8.46. The van der Waals surface area contributed by atoms with E-state index in [9.17, 15) is 9.59 Å².